The summed E-state index contributed by atoms with van der Waals surface area (Å²) >= 11 is 0. The Labute approximate surface area is 187 Å². The van der Waals surface area contributed by atoms with Crippen LogP contribution < -0.4 is 5.73 Å². The number of likely N-dealkylation sites (N-methyl/N-ethyl adjacent to an activating group) is 1. The molecule has 0 aromatic heterocycles. The normalized spacial score (nSPS) is 43.9. The maximum Gasteiger partial charge on any atom is 0.325 e. The number of carbonyl (C=O) groups excluding carboxylic acids is 2. The van der Waals surface area contributed by atoms with Gasteiger partial charge in [-0.25, -0.2) is 0 Å². The molecule has 4 rings (SSSR count). The van der Waals surface area contributed by atoms with Gasteiger partial charge in [-0.15, -0.1) is 0 Å². The predicted molar refractivity (Wildman–Crippen MR) is 120 cm³/mol. The molecule has 0 unspecified atom stereocenters. The zero-order valence-corrected chi connectivity index (χ0v) is 19.8. The van der Waals surface area contributed by atoms with Gasteiger partial charge in [-0.2, -0.15) is 0 Å². The molecule has 3 N–H and O–H groups in total. The highest BCUT2D eigenvalue weighted by molar-refractivity contribution is 5.81. The zero-order chi connectivity index (χ0) is 22.6. The van der Waals surface area contributed by atoms with E-state index in [1.54, 1.807) is 14.0 Å². The number of rotatable bonds is 4. The first-order chi connectivity index (χ1) is 14.6. The summed E-state index contributed by atoms with van der Waals surface area (Å²) in [5.41, 5.74) is 5.98. The van der Waals surface area contributed by atoms with Gasteiger partial charge < -0.3 is 15.4 Å². The SMILES string of the molecule is CC(=O)[C@H]1CC[C@H]2[C@@H]3CC[C@@H]4C[C@H](OC(=O)CN(C)C(=N)N)CC[C@]4(C)[C@H]3CC[C@]12C. The molecule has 0 aliphatic heterocycles. The third-order valence-corrected chi connectivity index (χ3v) is 10.2. The van der Waals surface area contributed by atoms with E-state index < -0.39 is 0 Å². The van der Waals surface area contributed by atoms with E-state index in [9.17, 15) is 9.59 Å². The molecule has 4 fully saturated rings. The van der Waals surface area contributed by atoms with E-state index in [2.05, 4.69) is 13.8 Å². The number of hydrogen-bond donors (Lipinski definition) is 2. The predicted octanol–water partition coefficient (Wildman–Crippen LogP) is 3.97. The van der Waals surface area contributed by atoms with Gasteiger partial charge >= 0.3 is 5.97 Å². The molecule has 0 bridgehead atoms. The Morgan fingerprint density at radius 3 is 2.39 bits per heavy atom. The van der Waals surface area contributed by atoms with Crippen molar-refractivity contribution in [1.82, 2.24) is 4.90 Å². The fourth-order valence-corrected chi connectivity index (χ4v) is 8.50. The third-order valence-electron chi connectivity index (χ3n) is 10.2. The van der Waals surface area contributed by atoms with Crippen molar-refractivity contribution in [3.05, 3.63) is 0 Å². The lowest BCUT2D eigenvalue weighted by Crippen LogP contribution is -2.54. The highest BCUT2D eigenvalue weighted by atomic mass is 16.5. The second-order valence-electron chi connectivity index (χ2n) is 11.6. The molecule has 0 aromatic rings. The fourth-order valence-electron chi connectivity index (χ4n) is 8.50. The summed E-state index contributed by atoms with van der Waals surface area (Å²) in [6.07, 6.45) is 10.3. The molecule has 0 amide bonds. The number of ether oxygens (including phenoxy) is 1. The van der Waals surface area contributed by atoms with E-state index >= 15 is 0 Å². The summed E-state index contributed by atoms with van der Waals surface area (Å²) in [6, 6.07) is 0. The number of ketones is 1. The molecular formula is C25H41N3O3. The number of guanidine groups is 1. The Kier molecular flexibility index (Phi) is 5.89. The molecule has 31 heavy (non-hydrogen) atoms. The molecule has 0 spiro atoms. The van der Waals surface area contributed by atoms with Gasteiger partial charge in [0.2, 0.25) is 0 Å². The van der Waals surface area contributed by atoms with Crippen molar-refractivity contribution in [3.8, 4) is 0 Å². The number of nitrogens with two attached hydrogens (primary N) is 1. The monoisotopic (exact) mass is 431 g/mol. The van der Waals surface area contributed by atoms with Crippen LogP contribution in [0.5, 0.6) is 0 Å². The molecule has 0 heterocycles. The molecular weight excluding hydrogens is 390 g/mol. The van der Waals surface area contributed by atoms with Gasteiger partial charge in [0.05, 0.1) is 0 Å². The lowest BCUT2D eigenvalue weighted by molar-refractivity contribution is -0.163. The van der Waals surface area contributed by atoms with Gasteiger partial charge in [0.1, 0.15) is 18.4 Å². The van der Waals surface area contributed by atoms with E-state index in [0.29, 0.717) is 23.0 Å². The number of carbonyl (C=O) groups is 2. The van der Waals surface area contributed by atoms with E-state index in [1.165, 1.54) is 37.0 Å². The van der Waals surface area contributed by atoms with Crippen LogP contribution in [0.15, 0.2) is 0 Å². The van der Waals surface area contributed by atoms with Gasteiger partial charge in [-0.1, -0.05) is 13.8 Å². The van der Waals surface area contributed by atoms with E-state index in [4.69, 9.17) is 15.9 Å². The number of esters is 1. The molecule has 8 atom stereocenters. The van der Waals surface area contributed by atoms with Gasteiger partial charge in [0, 0.05) is 13.0 Å². The minimum atomic E-state index is -0.283. The first kappa shape index (κ1) is 22.6. The van der Waals surface area contributed by atoms with E-state index in [1.807, 2.05) is 0 Å². The topological polar surface area (TPSA) is 96.5 Å². The third kappa shape index (κ3) is 3.78. The van der Waals surface area contributed by atoms with Crippen molar-refractivity contribution in [2.75, 3.05) is 13.6 Å². The molecule has 0 radical (unpaired) electrons. The number of fused-ring (bicyclic) bond motifs is 5. The second kappa shape index (κ2) is 8.08. The average molecular weight is 432 g/mol. The summed E-state index contributed by atoms with van der Waals surface area (Å²) in [5.74, 6) is 3.09. The Bertz CT molecular complexity index is 754. The molecule has 4 aliphatic rings. The largest absolute Gasteiger partial charge is 0.461 e. The summed E-state index contributed by atoms with van der Waals surface area (Å²) < 4.78 is 5.80. The molecule has 6 heteroatoms. The van der Waals surface area contributed by atoms with Crippen LogP contribution in [0, 0.1) is 45.8 Å². The Morgan fingerprint density at radius 1 is 1.03 bits per heavy atom. The number of nitrogens with zero attached hydrogens (tertiary/aromatic N) is 1. The summed E-state index contributed by atoms with van der Waals surface area (Å²) in [6.45, 7) is 6.77. The Hall–Kier alpha value is -1.59. The smallest absolute Gasteiger partial charge is 0.325 e. The van der Waals surface area contributed by atoms with Crippen LogP contribution in [-0.4, -0.2) is 42.3 Å². The summed E-state index contributed by atoms with van der Waals surface area (Å²) in [4.78, 5) is 26.0. The van der Waals surface area contributed by atoms with Crippen LogP contribution in [0.3, 0.4) is 0 Å². The van der Waals surface area contributed by atoms with Gasteiger partial charge in [0.15, 0.2) is 5.96 Å². The average Bonchev–Trinajstić information content (AvgIpc) is 3.05. The van der Waals surface area contributed by atoms with Crippen molar-refractivity contribution < 1.29 is 14.3 Å². The van der Waals surface area contributed by atoms with E-state index in [0.717, 1.165) is 37.5 Å². The summed E-state index contributed by atoms with van der Waals surface area (Å²) in [7, 11) is 1.64. The fraction of sp³-hybridized carbons (Fsp3) is 0.880. The first-order valence-electron chi connectivity index (χ1n) is 12.3. The van der Waals surface area contributed by atoms with Crippen LogP contribution in [0.2, 0.25) is 0 Å². The van der Waals surface area contributed by atoms with Crippen molar-refractivity contribution in [2.24, 2.45) is 46.2 Å². The molecule has 4 aliphatic carbocycles. The summed E-state index contributed by atoms with van der Waals surface area (Å²) in [5, 5.41) is 7.42. The van der Waals surface area contributed by atoms with Crippen LogP contribution in [0.1, 0.15) is 78.6 Å². The molecule has 0 saturated heterocycles. The quantitative estimate of drug-likeness (QED) is 0.399. The number of hydrogen-bond acceptors (Lipinski definition) is 4. The Morgan fingerprint density at radius 2 is 1.71 bits per heavy atom. The van der Waals surface area contributed by atoms with Crippen LogP contribution in [-0.2, 0) is 14.3 Å². The van der Waals surface area contributed by atoms with Crippen LogP contribution in [0.4, 0.5) is 0 Å². The first-order valence-corrected chi connectivity index (χ1v) is 12.3. The van der Waals surface area contributed by atoms with Crippen molar-refractivity contribution >= 4 is 17.7 Å². The van der Waals surface area contributed by atoms with Crippen molar-refractivity contribution in [3.63, 3.8) is 0 Å². The van der Waals surface area contributed by atoms with Crippen LogP contribution in [0.25, 0.3) is 0 Å². The Balaban J connectivity index is 1.41. The van der Waals surface area contributed by atoms with Crippen molar-refractivity contribution in [2.45, 2.75) is 84.7 Å². The zero-order valence-electron chi connectivity index (χ0n) is 19.8. The second-order valence-corrected chi connectivity index (χ2v) is 11.6. The van der Waals surface area contributed by atoms with Gasteiger partial charge in [0.25, 0.3) is 0 Å². The maximum atomic E-state index is 12.3. The molecule has 174 valence electrons. The van der Waals surface area contributed by atoms with Crippen molar-refractivity contribution in [1.29, 1.82) is 5.41 Å². The van der Waals surface area contributed by atoms with Gasteiger partial charge in [-0.05, 0) is 99.2 Å². The molecule has 6 nitrogen and oxygen atoms in total. The van der Waals surface area contributed by atoms with Crippen LogP contribution >= 0.6 is 0 Å². The van der Waals surface area contributed by atoms with Gasteiger partial charge in [-0.3, -0.25) is 15.0 Å². The highest BCUT2D eigenvalue weighted by Crippen LogP contribution is 2.67. The molecule has 0 aromatic carbocycles. The number of Topliss-reactive ketones (excluding diaryl/α,β-unsaturated/α-hetero) is 1. The maximum absolute atomic E-state index is 12.3. The van der Waals surface area contributed by atoms with E-state index in [-0.39, 0.29) is 35.9 Å². The number of nitrogens with one attached hydrogen (secondary N) is 1. The minimum absolute atomic E-state index is 0.00934. The standard InChI is InChI=1S/C25H41N3O3/c1-15(29)19-7-8-20-18-6-5-16-13-17(31-22(30)14-28(4)23(26)27)9-11-24(16,2)21(18)10-12-25(19,20)3/h16-21H,5-14H2,1-4H3,(H3,26,27)/t16-,17-,18+,19-,20+,21+,24+,25-/m1/s1. The lowest BCUT2D eigenvalue weighted by atomic mass is 9.44. The lowest BCUT2D eigenvalue weighted by Gasteiger charge is -2.61. The minimum Gasteiger partial charge on any atom is -0.461 e. The molecule has 4 saturated carbocycles. The highest BCUT2D eigenvalue weighted by Gasteiger charge is 2.60.